The molecule has 1 aromatic heterocycles. The highest BCUT2D eigenvalue weighted by Crippen LogP contribution is 2.29. The average Bonchev–Trinajstić information content (AvgIpc) is 3.20. The smallest absolute Gasteiger partial charge is 0.178 e. The lowest BCUT2D eigenvalue weighted by molar-refractivity contribution is 0.258. The quantitative estimate of drug-likeness (QED) is 0.494. The fourth-order valence-electron chi connectivity index (χ4n) is 3.54. The van der Waals surface area contributed by atoms with Crippen LogP contribution in [0.15, 0.2) is 78.9 Å². The molecule has 0 aliphatic carbocycles. The first-order valence-corrected chi connectivity index (χ1v) is 9.47. The first-order chi connectivity index (χ1) is 14.1. The molecule has 0 spiro atoms. The van der Waals surface area contributed by atoms with Crippen molar-refractivity contribution < 1.29 is 4.39 Å². The predicted molar refractivity (Wildman–Crippen MR) is 110 cm³/mol. The molecule has 0 unspecified atom stereocenters. The van der Waals surface area contributed by atoms with Crippen LogP contribution in [0.3, 0.4) is 0 Å². The van der Waals surface area contributed by atoms with Crippen molar-refractivity contribution in [2.75, 3.05) is 7.05 Å². The summed E-state index contributed by atoms with van der Waals surface area (Å²) >= 11 is 0. The van der Waals surface area contributed by atoms with E-state index in [1.165, 1.54) is 12.1 Å². The van der Waals surface area contributed by atoms with Gasteiger partial charge in [0, 0.05) is 6.54 Å². The number of para-hydroxylation sites is 1. The zero-order valence-electron chi connectivity index (χ0n) is 16.4. The van der Waals surface area contributed by atoms with E-state index < -0.39 is 0 Å². The molecule has 4 aromatic rings. The molecule has 0 aliphatic rings. The van der Waals surface area contributed by atoms with Gasteiger partial charge in [0.15, 0.2) is 5.82 Å². The highest BCUT2D eigenvalue weighted by atomic mass is 19.1. The third-order valence-corrected chi connectivity index (χ3v) is 4.98. The molecule has 0 bridgehead atoms. The Hall–Kier alpha value is -3.38. The fraction of sp³-hybridized carbons (Fsp3) is 0.174. The highest BCUT2D eigenvalue weighted by molar-refractivity contribution is 5.40. The lowest BCUT2D eigenvalue weighted by Crippen LogP contribution is -2.28. The number of benzene rings is 3. The average molecular weight is 387 g/mol. The van der Waals surface area contributed by atoms with Crippen molar-refractivity contribution in [3.05, 3.63) is 107 Å². The van der Waals surface area contributed by atoms with Crippen LogP contribution in [0.2, 0.25) is 0 Å². The number of aryl methyl sites for hydroxylation is 1. The van der Waals surface area contributed by atoms with E-state index in [4.69, 9.17) is 0 Å². The van der Waals surface area contributed by atoms with Gasteiger partial charge in [-0.15, -0.1) is 5.10 Å². The van der Waals surface area contributed by atoms with Gasteiger partial charge in [-0.1, -0.05) is 60.7 Å². The van der Waals surface area contributed by atoms with Crippen LogP contribution < -0.4 is 0 Å². The van der Waals surface area contributed by atoms with E-state index in [-0.39, 0.29) is 11.9 Å². The molecule has 4 rings (SSSR count). The summed E-state index contributed by atoms with van der Waals surface area (Å²) in [5.74, 6) is 0.495. The minimum Gasteiger partial charge on any atom is -0.288 e. The Balaban J connectivity index is 1.76. The second kappa shape index (κ2) is 8.32. The van der Waals surface area contributed by atoms with Crippen molar-refractivity contribution in [1.82, 2.24) is 25.1 Å². The summed E-state index contributed by atoms with van der Waals surface area (Å²) in [6.45, 7) is 2.67. The lowest BCUT2D eigenvalue weighted by Gasteiger charge is -2.28. The summed E-state index contributed by atoms with van der Waals surface area (Å²) < 4.78 is 15.1. The maximum Gasteiger partial charge on any atom is 0.178 e. The maximum atomic E-state index is 13.3. The van der Waals surface area contributed by atoms with Gasteiger partial charge in [-0.3, -0.25) is 4.90 Å². The molecule has 1 atom stereocenters. The first-order valence-electron chi connectivity index (χ1n) is 9.47. The summed E-state index contributed by atoms with van der Waals surface area (Å²) in [5, 5.41) is 12.6. The number of rotatable bonds is 6. The third kappa shape index (κ3) is 4.07. The molecule has 146 valence electrons. The number of hydrogen-bond acceptors (Lipinski definition) is 4. The van der Waals surface area contributed by atoms with Crippen molar-refractivity contribution in [1.29, 1.82) is 0 Å². The molecule has 0 saturated carbocycles. The molecule has 0 amide bonds. The Bertz CT molecular complexity index is 1080. The SMILES string of the molecule is Cc1ccccc1-n1nnnc1[C@H](c1ccccc1)N(C)Cc1ccc(F)cc1. The van der Waals surface area contributed by atoms with Crippen LogP contribution in [-0.2, 0) is 6.54 Å². The van der Waals surface area contributed by atoms with Crippen LogP contribution in [-0.4, -0.2) is 32.2 Å². The van der Waals surface area contributed by atoms with Gasteiger partial charge in [0.2, 0.25) is 0 Å². The second-order valence-corrected chi connectivity index (χ2v) is 7.09. The van der Waals surface area contributed by atoms with E-state index in [9.17, 15) is 4.39 Å². The molecular formula is C23H22FN5. The molecular weight excluding hydrogens is 365 g/mol. The molecule has 29 heavy (non-hydrogen) atoms. The van der Waals surface area contributed by atoms with Gasteiger partial charge in [0.1, 0.15) is 5.82 Å². The zero-order valence-corrected chi connectivity index (χ0v) is 16.4. The fourth-order valence-corrected chi connectivity index (χ4v) is 3.54. The van der Waals surface area contributed by atoms with Crippen molar-refractivity contribution in [3.8, 4) is 5.69 Å². The Kier molecular flexibility index (Phi) is 5.44. The van der Waals surface area contributed by atoms with Crippen LogP contribution >= 0.6 is 0 Å². The minimum absolute atomic E-state index is 0.171. The Labute approximate surface area is 169 Å². The number of halogens is 1. The summed E-state index contributed by atoms with van der Waals surface area (Å²) in [6, 6.07) is 24.6. The Morgan fingerprint density at radius 1 is 0.931 bits per heavy atom. The number of aromatic nitrogens is 4. The molecule has 0 radical (unpaired) electrons. The molecule has 0 saturated heterocycles. The first kappa shape index (κ1) is 19.0. The summed E-state index contributed by atoms with van der Waals surface area (Å²) in [5.41, 5.74) is 4.14. The summed E-state index contributed by atoms with van der Waals surface area (Å²) in [6.07, 6.45) is 0. The summed E-state index contributed by atoms with van der Waals surface area (Å²) in [7, 11) is 2.03. The minimum atomic E-state index is -0.237. The molecule has 0 N–H and O–H groups in total. The van der Waals surface area contributed by atoms with Gasteiger partial charge in [-0.25, -0.2) is 4.39 Å². The van der Waals surface area contributed by atoms with E-state index in [0.29, 0.717) is 6.54 Å². The molecule has 6 heteroatoms. The van der Waals surface area contributed by atoms with Crippen LogP contribution in [0, 0.1) is 12.7 Å². The topological polar surface area (TPSA) is 46.8 Å². The monoisotopic (exact) mass is 387 g/mol. The lowest BCUT2D eigenvalue weighted by atomic mass is 10.0. The molecule has 0 fully saturated rings. The molecule has 3 aromatic carbocycles. The Morgan fingerprint density at radius 2 is 1.62 bits per heavy atom. The van der Waals surface area contributed by atoms with Gasteiger partial charge in [0.05, 0.1) is 11.7 Å². The van der Waals surface area contributed by atoms with E-state index in [1.807, 2.05) is 56.4 Å². The van der Waals surface area contributed by atoms with Crippen LogP contribution in [0.1, 0.15) is 28.6 Å². The van der Waals surface area contributed by atoms with E-state index >= 15 is 0 Å². The zero-order chi connectivity index (χ0) is 20.2. The van der Waals surface area contributed by atoms with Gasteiger partial charge < -0.3 is 0 Å². The Morgan fingerprint density at radius 3 is 2.34 bits per heavy atom. The third-order valence-electron chi connectivity index (χ3n) is 4.98. The molecule has 1 heterocycles. The van der Waals surface area contributed by atoms with Crippen molar-refractivity contribution in [3.63, 3.8) is 0 Å². The molecule has 5 nitrogen and oxygen atoms in total. The largest absolute Gasteiger partial charge is 0.288 e. The standard InChI is InChI=1S/C23H22FN5/c1-17-8-6-7-11-21(17)29-23(25-26-27-29)22(19-9-4-3-5-10-19)28(2)16-18-12-14-20(24)15-13-18/h3-15,22H,16H2,1-2H3/t22-/m0/s1. The van der Waals surface area contributed by atoms with Gasteiger partial charge in [-0.2, -0.15) is 4.68 Å². The normalized spacial score (nSPS) is 12.3. The maximum absolute atomic E-state index is 13.3. The van der Waals surface area contributed by atoms with E-state index in [1.54, 1.807) is 16.8 Å². The van der Waals surface area contributed by atoms with Crippen molar-refractivity contribution in [2.45, 2.75) is 19.5 Å². The second-order valence-electron chi connectivity index (χ2n) is 7.09. The van der Waals surface area contributed by atoms with E-state index in [0.717, 1.165) is 28.2 Å². The highest BCUT2D eigenvalue weighted by Gasteiger charge is 2.26. The van der Waals surface area contributed by atoms with Crippen LogP contribution in [0.5, 0.6) is 0 Å². The molecule has 0 aliphatic heterocycles. The predicted octanol–water partition coefficient (Wildman–Crippen LogP) is 4.33. The van der Waals surface area contributed by atoms with Crippen LogP contribution in [0.25, 0.3) is 5.69 Å². The number of nitrogens with zero attached hydrogens (tertiary/aromatic N) is 5. The number of hydrogen-bond donors (Lipinski definition) is 0. The summed E-state index contributed by atoms with van der Waals surface area (Å²) in [4.78, 5) is 2.17. The van der Waals surface area contributed by atoms with Gasteiger partial charge in [-0.05, 0) is 59.3 Å². The number of tetrazole rings is 1. The van der Waals surface area contributed by atoms with Gasteiger partial charge in [0.25, 0.3) is 0 Å². The van der Waals surface area contributed by atoms with E-state index in [2.05, 4.69) is 32.6 Å². The van der Waals surface area contributed by atoms with Crippen LogP contribution in [0.4, 0.5) is 4.39 Å². The van der Waals surface area contributed by atoms with Crippen molar-refractivity contribution in [2.24, 2.45) is 0 Å². The van der Waals surface area contributed by atoms with Crippen molar-refractivity contribution >= 4 is 0 Å². The van der Waals surface area contributed by atoms with Gasteiger partial charge >= 0.3 is 0 Å².